The van der Waals surface area contributed by atoms with Crippen LogP contribution in [-0.4, -0.2) is 55.9 Å². The van der Waals surface area contributed by atoms with E-state index in [9.17, 15) is 4.79 Å². The molecule has 0 saturated heterocycles. The molecule has 0 radical (unpaired) electrons. The number of hydrogen-bond donors (Lipinski definition) is 2. The second-order valence-corrected chi connectivity index (χ2v) is 6.20. The highest BCUT2D eigenvalue weighted by Gasteiger charge is 2.09. The summed E-state index contributed by atoms with van der Waals surface area (Å²) in [5.74, 6) is 2.13. The van der Waals surface area contributed by atoms with Gasteiger partial charge in [0.2, 0.25) is 11.7 Å². The summed E-state index contributed by atoms with van der Waals surface area (Å²) in [5.41, 5.74) is 0.909. The van der Waals surface area contributed by atoms with Gasteiger partial charge < -0.3 is 10.4 Å². The van der Waals surface area contributed by atoms with Crippen molar-refractivity contribution in [3.8, 4) is 11.4 Å². The molecule has 0 aliphatic heterocycles. The topological polar surface area (TPSA) is 92.9 Å². The first-order chi connectivity index (χ1) is 10.3. The molecule has 0 spiro atoms. The largest absolute Gasteiger partial charge is 0.396 e. The molecule has 0 aromatic carbocycles. The molecule has 0 bridgehead atoms. The zero-order valence-corrected chi connectivity index (χ0v) is 13.1. The maximum Gasteiger partial charge on any atom is 0.243 e. The molecule has 2 heterocycles. The molecular weight excluding hydrogens is 310 g/mol. The van der Waals surface area contributed by atoms with Crippen LogP contribution in [0.2, 0.25) is 0 Å². The van der Waals surface area contributed by atoms with E-state index in [0.29, 0.717) is 12.4 Å². The van der Waals surface area contributed by atoms with Gasteiger partial charge in [0.05, 0.1) is 0 Å². The van der Waals surface area contributed by atoms with Crippen molar-refractivity contribution in [1.29, 1.82) is 0 Å². The van der Waals surface area contributed by atoms with Gasteiger partial charge in [-0.25, -0.2) is 0 Å². The van der Waals surface area contributed by atoms with Crippen LogP contribution in [-0.2, 0) is 11.3 Å². The number of rotatable bonds is 9. The van der Waals surface area contributed by atoms with Crippen molar-refractivity contribution in [3.05, 3.63) is 16.8 Å². The molecule has 7 nitrogen and oxygen atoms in total. The third-order valence-corrected chi connectivity index (χ3v) is 4.29. The zero-order valence-electron chi connectivity index (χ0n) is 11.4. The fourth-order valence-electron chi connectivity index (χ4n) is 1.53. The Balaban J connectivity index is 1.68. The molecule has 0 aliphatic carbocycles. The van der Waals surface area contributed by atoms with Crippen molar-refractivity contribution < 1.29 is 9.90 Å². The molecule has 2 aromatic heterocycles. The Hall–Kier alpha value is -1.45. The van der Waals surface area contributed by atoms with Crippen molar-refractivity contribution in [2.45, 2.75) is 13.0 Å². The Morgan fingerprint density at radius 2 is 2.38 bits per heavy atom. The van der Waals surface area contributed by atoms with Gasteiger partial charge in [-0.1, -0.05) is 0 Å². The van der Waals surface area contributed by atoms with Crippen molar-refractivity contribution in [1.82, 2.24) is 25.5 Å². The molecule has 0 fully saturated rings. The number of carbonyl (C=O) groups excluding carboxylic acids is 1. The van der Waals surface area contributed by atoms with Crippen molar-refractivity contribution in [3.63, 3.8) is 0 Å². The number of nitrogens with zero attached hydrogens (tertiary/aromatic N) is 4. The molecule has 0 unspecified atom stereocenters. The number of carbonyl (C=O) groups is 1. The first-order valence-electron chi connectivity index (χ1n) is 6.55. The fraction of sp³-hybridized carbons (Fsp3) is 0.500. The van der Waals surface area contributed by atoms with Gasteiger partial charge in [-0.15, -0.1) is 10.2 Å². The van der Waals surface area contributed by atoms with Crippen LogP contribution < -0.4 is 5.32 Å². The van der Waals surface area contributed by atoms with Crippen LogP contribution in [0.5, 0.6) is 0 Å². The first kappa shape index (κ1) is 15.9. The standard InChI is InChI=1S/C12H17N5O2S2/c18-4-1-5-20-7-3-13-11(19)8-17-15-12(14-16-17)10-2-6-21-9-10/h2,6,9,18H,1,3-5,7-8H2,(H,13,19). The highest BCUT2D eigenvalue weighted by Crippen LogP contribution is 2.16. The second kappa shape index (κ2) is 8.75. The number of amides is 1. The molecular formula is C12H17N5O2S2. The van der Waals surface area contributed by atoms with Gasteiger partial charge >= 0.3 is 0 Å². The SMILES string of the molecule is O=C(Cn1nnc(-c2ccsc2)n1)NCCSCCCO. The minimum absolute atomic E-state index is 0.0679. The van der Waals surface area contributed by atoms with E-state index >= 15 is 0 Å². The van der Waals surface area contributed by atoms with Gasteiger partial charge in [-0.3, -0.25) is 4.79 Å². The van der Waals surface area contributed by atoms with Crippen LogP contribution >= 0.6 is 23.1 Å². The molecule has 114 valence electrons. The van der Waals surface area contributed by atoms with Crippen LogP contribution in [0.3, 0.4) is 0 Å². The summed E-state index contributed by atoms with van der Waals surface area (Å²) in [6, 6.07) is 1.91. The lowest BCUT2D eigenvalue weighted by Crippen LogP contribution is -2.30. The van der Waals surface area contributed by atoms with Crippen molar-refractivity contribution in [2.75, 3.05) is 24.7 Å². The van der Waals surface area contributed by atoms with Crippen LogP contribution in [0.25, 0.3) is 11.4 Å². The van der Waals surface area contributed by atoms with E-state index in [2.05, 4.69) is 20.7 Å². The molecule has 1 amide bonds. The molecule has 2 aromatic rings. The maximum atomic E-state index is 11.7. The molecule has 9 heteroatoms. The fourth-order valence-corrected chi connectivity index (χ4v) is 2.95. The van der Waals surface area contributed by atoms with Crippen LogP contribution in [0, 0.1) is 0 Å². The summed E-state index contributed by atoms with van der Waals surface area (Å²) < 4.78 is 0. The number of hydrogen-bond acceptors (Lipinski definition) is 7. The number of thioether (sulfide) groups is 1. The smallest absolute Gasteiger partial charge is 0.243 e. The Morgan fingerprint density at radius 1 is 1.48 bits per heavy atom. The van der Waals surface area contributed by atoms with Crippen LogP contribution in [0.4, 0.5) is 0 Å². The molecule has 2 rings (SSSR count). The van der Waals surface area contributed by atoms with Crippen molar-refractivity contribution in [2.24, 2.45) is 0 Å². The lowest BCUT2D eigenvalue weighted by Gasteiger charge is -2.03. The normalized spacial score (nSPS) is 10.7. The van der Waals surface area contributed by atoms with Crippen molar-refractivity contribution >= 4 is 29.0 Å². The molecule has 2 N–H and O–H groups in total. The zero-order chi connectivity index (χ0) is 14.9. The highest BCUT2D eigenvalue weighted by molar-refractivity contribution is 7.99. The van der Waals surface area contributed by atoms with Gasteiger partial charge in [0, 0.05) is 29.8 Å². The minimum atomic E-state index is -0.132. The van der Waals surface area contributed by atoms with E-state index in [1.54, 1.807) is 23.1 Å². The Kier molecular flexibility index (Phi) is 6.64. The Morgan fingerprint density at radius 3 is 3.14 bits per heavy atom. The quantitative estimate of drug-likeness (QED) is 0.656. The van der Waals surface area contributed by atoms with E-state index < -0.39 is 0 Å². The third kappa shape index (κ3) is 5.44. The maximum absolute atomic E-state index is 11.7. The molecule has 0 aliphatic rings. The van der Waals surface area contributed by atoms with E-state index in [0.717, 1.165) is 23.5 Å². The number of nitrogens with one attached hydrogen (secondary N) is 1. The van der Waals surface area contributed by atoms with E-state index in [1.165, 1.54) is 4.80 Å². The monoisotopic (exact) mass is 327 g/mol. The highest BCUT2D eigenvalue weighted by atomic mass is 32.2. The third-order valence-electron chi connectivity index (χ3n) is 2.53. The summed E-state index contributed by atoms with van der Waals surface area (Å²) >= 11 is 3.27. The number of thiophene rings is 1. The van der Waals surface area contributed by atoms with Crippen LogP contribution in [0.15, 0.2) is 16.8 Å². The molecule has 21 heavy (non-hydrogen) atoms. The first-order valence-corrected chi connectivity index (χ1v) is 8.65. The predicted molar refractivity (Wildman–Crippen MR) is 83.2 cm³/mol. The van der Waals surface area contributed by atoms with E-state index in [-0.39, 0.29) is 19.1 Å². The van der Waals surface area contributed by atoms with Gasteiger partial charge in [0.15, 0.2) is 0 Å². The van der Waals surface area contributed by atoms with Crippen LogP contribution in [0.1, 0.15) is 6.42 Å². The summed E-state index contributed by atoms with van der Waals surface area (Å²) in [4.78, 5) is 13.0. The second-order valence-electron chi connectivity index (χ2n) is 4.19. The van der Waals surface area contributed by atoms with E-state index in [4.69, 9.17) is 5.11 Å². The lowest BCUT2D eigenvalue weighted by molar-refractivity contribution is -0.121. The number of tetrazole rings is 1. The summed E-state index contributed by atoms with van der Waals surface area (Å²) in [5, 5.41) is 27.3. The predicted octanol–water partition coefficient (Wildman–Crippen LogP) is 0.633. The Labute approximate surface area is 130 Å². The minimum Gasteiger partial charge on any atom is -0.396 e. The van der Waals surface area contributed by atoms with Gasteiger partial charge in [-0.2, -0.15) is 27.9 Å². The molecule has 0 atom stereocenters. The number of aromatic nitrogens is 4. The number of aliphatic hydroxyl groups is 1. The Bertz CT molecular complexity index is 544. The lowest BCUT2D eigenvalue weighted by atomic mass is 10.3. The average molecular weight is 327 g/mol. The number of aliphatic hydroxyl groups excluding tert-OH is 1. The van der Waals surface area contributed by atoms with Gasteiger partial charge in [-0.05, 0) is 28.8 Å². The average Bonchev–Trinajstić information content (AvgIpc) is 3.13. The summed E-state index contributed by atoms with van der Waals surface area (Å²) in [6.45, 7) is 0.878. The summed E-state index contributed by atoms with van der Waals surface area (Å²) in [7, 11) is 0. The van der Waals surface area contributed by atoms with Gasteiger partial charge in [0.1, 0.15) is 6.54 Å². The van der Waals surface area contributed by atoms with E-state index in [1.807, 2.05) is 16.8 Å². The molecule has 0 saturated carbocycles. The van der Waals surface area contributed by atoms with Gasteiger partial charge in [0.25, 0.3) is 0 Å². The summed E-state index contributed by atoms with van der Waals surface area (Å²) in [6.07, 6.45) is 0.785.